The number of hydrogen-bond donors (Lipinski definition) is 1. The normalized spacial score (nSPS) is 55.2. The van der Waals surface area contributed by atoms with Gasteiger partial charge in [-0.3, -0.25) is 0 Å². The highest BCUT2D eigenvalue weighted by molar-refractivity contribution is 5.24. The second-order valence-corrected chi connectivity index (χ2v) is 5.58. The van der Waals surface area contributed by atoms with E-state index in [0.29, 0.717) is 10.8 Å². The van der Waals surface area contributed by atoms with Crippen molar-refractivity contribution in [3.63, 3.8) is 0 Å². The topological polar surface area (TPSA) is 12.0 Å². The van der Waals surface area contributed by atoms with Gasteiger partial charge in [-0.25, -0.2) is 0 Å². The molecule has 12 heavy (non-hydrogen) atoms. The molecule has 2 aliphatic rings. The largest absolute Gasteiger partial charge is 0.316 e. The Morgan fingerprint density at radius 1 is 1.17 bits per heavy atom. The summed E-state index contributed by atoms with van der Waals surface area (Å²) < 4.78 is 0. The minimum Gasteiger partial charge on any atom is -0.316 e. The smallest absolute Gasteiger partial charge is 0.0177 e. The van der Waals surface area contributed by atoms with Crippen LogP contribution in [-0.2, 0) is 0 Å². The molecule has 2 unspecified atom stereocenters. The molecule has 3 atom stereocenters. The molecule has 0 radical (unpaired) electrons. The van der Waals surface area contributed by atoms with Gasteiger partial charge >= 0.3 is 0 Å². The van der Waals surface area contributed by atoms with E-state index in [-0.39, 0.29) is 0 Å². The van der Waals surface area contributed by atoms with Crippen LogP contribution in [0.1, 0.15) is 34.1 Å². The number of rotatable bonds is 1. The summed E-state index contributed by atoms with van der Waals surface area (Å²) in [7, 11) is 2.12. The predicted octanol–water partition coefficient (Wildman–Crippen LogP) is 2.28. The monoisotopic (exact) mass is 167 g/mol. The number of hydrogen-bond acceptors (Lipinski definition) is 1. The van der Waals surface area contributed by atoms with Gasteiger partial charge < -0.3 is 5.32 Å². The third kappa shape index (κ3) is 0.693. The Balaban J connectivity index is 2.15. The van der Waals surface area contributed by atoms with Gasteiger partial charge in [-0.2, -0.15) is 0 Å². The Morgan fingerprint density at radius 2 is 1.67 bits per heavy atom. The van der Waals surface area contributed by atoms with Crippen molar-refractivity contribution in [3.05, 3.63) is 0 Å². The van der Waals surface area contributed by atoms with Crippen molar-refractivity contribution < 1.29 is 0 Å². The zero-order valence-corrected chi connectivity index (χ0v) is 8.94. The van der Waals surface area contributed by atoms with Gasteiger partial charge in [0.25, 0.3) is 0 Å². The Kier molecular flexibility index (Phi) is 1.47. The van der Waals surface area contributed by atoms with E-state index in [1.165, 1.54) is 6.42 Å². The highest BCUT2D eigenvalue weighted by Crippen LogP contribution is 2.74. The molecule has 2 aliphatic carbocycles. The third-order valence-electron chi connectivity index (χ3n) is 4.71. The van der Waals surface area contributed by atoms with E-state index in [2.05, 4.69) is 40.1 Å². The molecule has 1 heteroatoms. The van der Waals surface area contributed by atoms with Crippen LogP contribution in [0.2, 0.25) is 0 Å². The lowest BCUT2D eigenvalue weighted by Crippen LogP contribution is -2.59. The van der Waals surface area contributed by atoms with Crippen LogP contribution in [-0.4, -0.2) is 13.1 Å². The molecule has 0 heterocycles. The van der Waals surface area contributed by atoms with E-state index in [0.717, 1.165) is 17.9 Å². The van der Waals surface area contributed by atoms with Crippen molar-refractivity contribution in [2.24, 2.45) is 22.7 Å². The standard InChI is InChI=1S/C11H21N/c1-7-8(2)11(7)6-10(3,4)9(11)12-5/h7-9,12H,6H2,1-5H3/t7?,8?,9-,11?/m0/s1. The van der Waals surface area contributed by atoms with Gasteiger partial charge in [0, 0.05) is 6.04 Å². The van der Waals surface area contributed by atoms with Crippen molar-refractivity contribution >= 4 is 0 Å². The Labute approximate surface area is 75.9 Å². The van der Waals surface area contributed by atoms with Crippen molar-refractivity contribution in [2.75, 3.05) is 7.05 Å². The molecule has 0 aromatic carbocycles. The Bertz CT molecular complexity index is 199. The van der Waals surface area contributed by atoms with Crippen molar-refractivity contribution in [1.29, 1.82) is 0 Å². The molecule has 0 amide bonds. The summed E-state index contributed by atoms with van der Waals surface area (Å²) in [4.78, 5) is 0. The summed E-state index contributed by atoms with van der Waals surface area (Å²) in [6.07, 6.45) is 1.42. The molecule has 0 aromatic heterocycles. The van der Waals surface area contributed by atoms with Crippen LogP contribution >= 0.6 is 0 Å². The fourth-order valence-electron chi connectivity index (χ4n) is 3.99. The van der Waals surface area contributed by atoms with Crippen LogP contribution in [0.15, 0.2) is 0 Å². The summed E-state index contributed by atoms with van der Waals surface area (Å²) in [6, 6.07) is 0.759. The minimum absolute atomic E-state index is 0.535. The molecule has 0 aromatic rings. The second kappa shape index (κ2) is 2.06. The quantitative estimate of drug-likeness (QED) is 0.632. The fraction of sp³-hybridized carbons (Fsp3) is 1.00. The first-order chi connectivity index (χ1) is 5.47. The van der Waals surface area contributed by atoms with Crippen molar-refractivity contribution in [3.8, 4) is 0 Å². The average Bonchev–Trinajstić information content (AvgIpc) is 2.42. The fourth-order valence-corrected chi connectivity index (χ4v) is 3.99. The summed E-state index contributed by atoms with van der Waals surface area (Å²) in [5.41, 5.74) is 1.21. The van der Waals surface area contributed by atoms with E-state index in [1.807, 2.05) is 0 Å². The molecule has 70 valence electrons. The Morgan fingerprint density at radius 3 is 1.83 bits per heavy atom. The molecule has 0 bridgehead atoms. The zero-order valence-electron chi connectivity index (χ0n) is 8.94. The van der Waals surface area contributed by atoms with Crippen LogP contribution in [0.4, 0.5) is 0 Å². The molecule has 1 nitrogen and oxygen atoms in total. The molecule has 2 saturated carbocycles. The van der Waals surface area contributed by atoms with Crippen molar-refractivity contribution in [2.45, 2.75) is 40.2 Å². The van der Waals surface area contributed by atoms with Gasteiger partial charge in [-0.05, 0) is 36.1 Å². The van der Waals surface area contributed by atoms with Crippen molar-refractivity contribution in [1.82, 2.24) is 5.32 Å². The van der Waals surface area contributed by atoms with E-state index < -0.39 is 0 Å². The lowest BCUT2D eigenvalue weighted by Gasteiger charge is -2.54. The molecule has 2 rings (SSSR count). The molecule has 2 fully saturated rings. The van der Waals surface area contributed by atoms with Gasteiger partial charge in [0.1, 0.15) is 0 Å². The lowest BCUT2D eigenvalue weighted by molar-refractivity contribution is -0.00586. The van der Waals surface area contributed by atoms with Crippen LogP contribution < -0.4 is 5.32 Å². The first kappa shape index (κ1) is 8.55. The molecule has 0 saturated heterocycles. The summed E-state index contributed by atoms with van der Waals surface area (Å²) in [5, 5.41) is 3.51. The minimum atomic E-state index is 0.535. The molecule has 1 N–H and O–H groups in total. The lowest BCUT2D eigenvalue weighted by atomic mass is 9.56. The maximum Gasteiger partial charge on any atom is 0.0177 e. The van der Waals surface area contributed by atoms with E-state index in [1.54, 1.807) is 0 Å². The van der Waals surface area contributed by atoms with Crippen LogP contribution in [0, 0.1) is 22.7 Å². The maximum atomic E-state index is 3.51. The molecular weight excluding hydrogens is 146 g/mol. The van der Waals surface area contributed by atoms with Gasteiger partial charge in [0.05, 0.1) is 0 Å². The van der Waals surface area contributed by atoms with Gasteiger partial charge in [0.2, 0.25) is 0 Å². The van der Waals surface area contributed by atoms with Gasteiger partial charge in [0.15, 0.2) is 0 Å². The first-order valence-electron chi connectivity index (χ1n) is 5.14. The summed E-state index contributed by atoms with van der Waals surface area (Å²) >= 11 is 0. The highest BCUT2D eigenvalue weighted by Gasteiger charge is 2.73. The van der Waals surface area contributed by atoms with Crippen LogP contribution in [0.5, 0.6) is 0 Å². The highest BCUT2D eigenvalue weighted by atomic mass is 15.0. The third-order valence-corrected chi connectivity index (χ3v) is 4.71. The molecule has 1 spiro atoms. The van der Waals surface area contributed by atoms with Gasteiger partial charge in [-0.15, -0.1) is 0 Å². The molecular formula is C11H21N. The SMILES string of the molecule is CN[C@H]1C(C)(C)CC12C(C)C2C. The first-order valence-corrected chi connectivity index (χ1v) is 5.14. The number of nitrogens with one attached hydrogen (secondary N) is 1. The van der Waals surface area contributed by atoms with E-state index in [4.69, 9.17) is 0 Å². The average molecular weight is 167 g/mol. The summed E-state index contributed by atoms with van der Waals surface area (Å²) in [6.45, 7) is 9.59. The van der Waals surface area contributed by atoms with Gasteiger partial charge in [-0.1, -0.05) is 27.7 Å². The van der Waals surface area contributed by atoms with Crippen LogP contribution in [0.25, 0.3) is 0 Å². The maximum absolute atomic E-state index is 3.51. The molecule has 0 aliphatic heterocycles. The second-order valence-electron chi connectivity index (χ2n) is 5.58. The van der Waals surface area contributed by atoms with E-state index in [9.17, 15) is 0 Å². The van der Waals surface area contributed by atoms with E-state index >= 15 is 0 Å². The zero-order chi connectivity index (χ0) is 9.15. The summed E-state index contributed by atoms with van der Waals surface area (Å²) in [5.74, 6) is 1.89. The predicted molar refractivity (Wildman–Crippen MR) is 52.0 cm³/mol. The Hall–Kier alpha value is -0.0400. The van der Waals surface area contributed by atoms with Crippen LogP contribution in [0.3, 0.4) is 0 Å².